The number of fused-ring (bicyclic) bond motifs is 2. The first-order valence-electron chi connectivity index (χ1n) is 10.3. The average molecular weight is 357 g/mol. The number of carbonyl (C=O) groups excluding carboxylic acids is 1. The highest BCUT2D eigenvalue weighted by Gasteiger charge is 2.49. The second kappa shape index (κ2) is 6.54. The first-order valence-corrected chi connectivity index (χ1v) is 10.3. The third-order valence-electron chi connectivity index (χ3n) is 6.52. The summed E-state index contributed by atoms with van der Waals surface area (Å²) in [4.78, 5) is 19.7. The topological polar surface area (TPSA) is 42.4 Å². The predicted molar refractivity (Wildman–Crippen MR) is 103 cm³/mol. The molecule has 1 saturated heterocycles. The number of pyridine rings is 1. The van der Waals surface area contributed by atoms with Crippen molar-refractivity contribution in [3.63, 3.8) is 0 Å². The van der Waals surface area contributed by atoms with Crippen molar-refractivity contribution in [2.24, 2.45) is 10.8 Å². The Balaban J connectivity index is 1.50. The van der Waals surface area contributed by atoms with Gasteiger partial charge in [-0.15, -0.1) is 0 Å². The van der Waals surface area contributed by atoms with Gasteiger partial charge in [-0.05, 0) is 67.9 Å². The lowest BCUT2D eigenvalue weighted by atomic mass is 9.65. The lowest BCUT2D eigenvalue weighted by Crippen LogP contribution is -2.35. The summed E-state index contributed by atoms with van der Waals surface area (Å²) in [5.41, 5.74) is 1.38. The molecule has 4 rings (SSSR count). The predicted octanol–water partition coefficient (Wildman–Crippen LogP) is 4.98. The van der Waals surface area contributed by atoms with Gasteiger partial charge in [0.15, 0.2) is 0 Å². The van der Waals surface area contributed by atoms with Gasteiger partial charge in [0.2, 0.25) is 0 Å². The summed E-state index contributed by atoms with van der Waals surface area (Å²) in [7, 11) is 0. The molecule has 1 aliphatic heterocycles. The Morgan fingerprint density at radius 2 is 1.96 bits per heavy atom. The highest BCUT2D eigenvalue weighted by molar-refractivity contribution is 5.90. The van der Waals surface area contributed by atoms with Crippen LogP contribution in [0.3, 0.4) is 0 Å². The van der Waals surface area contributed by atoms with Crippen LogP contribution >= 0.6 is 0 Å². The third kappa shape index (κ3) is 3.60. The van der Waals surface area contributed by atoms with E-state index in [1.54, 1.807) is 12.3 Å². The molecule has 2 aliphatic carbocycles. The lowest BCUT2D eigenvalue weighted by molar-refractivity contribution is 0.0211. The fourth-order valence-corrected chi connectivity index (χ4v) is 5.83. The summed E-state index contributed by atoms with van der Waals surface area (Å²) in [6.07, 6.45) is 11.2. The zero-order valence-corrected chi connectivity index (χ0v) is 16.5. The van der Waals surface area contributed by atoms with Crippen LogP contribution in [0.5, 0.6) is 0 Å². The van der Waals surface area contributed by atoms with Crippen LogP contribution in [-0.2, 0) is 4.74 Å². The van der Waals surface area contributed by atoms with Gasteiger partial charge in [-0.3, -0.25) is 0 Å². The minimum Gasteiger partial charge on any atom is -0.459 e. The zero-order valence-electron chi connectivity index (χ0n) is 16.5. The minimum atomic E-state index is -0.186. The maximum absolute atomic E-state index is 12.6. The van der Waals surface area contributed by atoms with Crippen molar-refractivity contribution in [3.8, 4) is 0 Å². The molecule has 2 unspecified atom stereocenters. The molecule has 0 aromatic carbocycles. The van der Waals surface area contributed by atoms with E-state index in [-0.39, 0.29) is 12.1 Å². The zero-order chi connectivity index (χ0) is 18.4. The molecule has 2 bridgehead atoms. The van der Waals surface area contributed by atoms with Crippen LogP contribution in [0.25, 0.3) is 0 Å². The SMILES string of the molecule is CC1(C)CC2CC(C)(CN2c2cc(C(=O)OC3CCCCC3)ccn2)C1. The molecule has 2 saturated carbocycles. The highest BCUT2D eigenvalue weighted by Crippen LogP contribution is 2.53. The standard InChI is InChI=1S/C22H32N2O2/c1-21(2)12-17-13-22(3,14-21)15-24(17)19-11-16(9-10-23-19)20(25)26-18-7-5-4-6-8-18/h9-11,17-18H,4-8,12-15H2,1-3H3. The van der Waals surface area contributed by atoms with Crippen molar-refractivity contribution in [2.75, 3.05) is 11.4 Å². The van der Waals surface area contributed by atoms with E-state index < -0.39 is 0 Å². The van der Waals surface area contributed by atoms with Crippen LogP contribution in [0.2, 0.25) is 0 Å². The first-order chi connectivity index (χ1) is 12.3. The van der Waals surface area contributed by atoms with Crippen molar-refractivity contribution < 1.29 is 9.53 Å². The summed E-state index contributed by atoms with van der Waals surface area (Å²) in [6.45, 7) is 8.20. The number of aromatic nitrogens is 1. The summed E-state index contributed by atoms with van der Waals surface area (Å²) in [5.74, 6) is 0.753. The normalized spacial score (nSPS) is 31.0. The highest BCUT2D eigenvalue weighted by atomic mass is 16.5. The minimum absolute atomic E-state index is 0.0959. The molecule has 0 spiro atoms. The number of hydrogen-bond acceptors (Lipinski definition) is 4. The summed E-state index contributed by atoms with van der Waals surface area (Å²) in [5, 5.41) is 0. The van der Waals surface area contributed by atoms with Crippen LogP contribution in [-0.4, -0.2) is 29.6 Å². The molecule has 26 heavy (non-hydrogen) atoms. The monoisotopic (exact) mass is 356 g/mol. The van der Waals surface area contributed by atoms with Crippen molar-refractivity contribution in [1.29, 1.82) is 0 Å². The number of carbonyl (C=O) groups is 1. The number of rotatable bonds is 3. The first kappa shape index (κ1) is 17.8. The molecule has 0 N–H and O–H groups in total. The number of ether oxygens (including phenoxy) is 1. The van der Waals surface area contributed by atoms with E-state index in [1.807, 2.05) is 6.07 Å². The summed E-state index contributed by atoms with van der Waals surface area (Å²) in [6, 6.07) is 4.27. The van der Waals surface area contributed by atoms with E-state index in [0.29, 0.717) is 22.4 Å². The lowest BCUT2D eigenvalue weighted by Gasteiger charge is -2.39. The fraction of sp³-hybridized carbons (Fsp3) is 0.727. The summed E-state index contributed by atoms with van der Waals surface area (Å²) >= 11 is 0. The Bertz CT molecular complexity index is 680. The van der Waals surface area contributed by atoms with Gasteiger partial charge in [0, 0.05) is 18.8 Å². The molecular formula is C22H32N2O2. The van der Waals surface area contributed by atoms with Gasteiger partial charge in [0.1, 0.15) is 11.9 Å². The maximum Gasteiger partial charge on any atom is 0.338 e. The molecule has 0 radical (unpaired) electrons. The Kier molecular flexibility index (Phi) is 4.48. The fourth-order valence-electron chi connectivity index (χ4n) is 5.83. The molecule has 4 nitrogen and oxygen atoms in total. The Morgan fingerprint density at radius 3 is 2.73 bits per heavy atom. The molecule has 142 valence electrons. The van der Waals surface area contributed by atoms with Crippen molar-refractivity contribution in [2.45, 2.75) is 84.3 Å². The number of hydrogen-bond donors (Lipinski definition) is 0. The number of nitrogens with zero attached hydrogens (tertiary/aromatic N) is 2. The van der Waals surface area contributed by atoms with Crippen LogP contribution < -0.4 is 4.90 Å². The van der Waals surface area contributed by atoms with Gasteiger partial charge in [-0.25, -0.2) is 9.78 Å². The molecule has 2 atom stereocenters. The van der Waals surface area contributed by atoms with Crippen LogP contribution in [0.15, 0.2) is 18.3 Å². The second-order valence-electron chi connectivity index (χ2n) is 9.91. The van der Waals surface area contributed by atoms with E-state index in [4.69, 9.17) is 4.74 Å². The Labute approximate surface area is 157 Å². The van der Waals surface area contributed by atoms with E-state index in [2.05, 4.69) is 30.7 Å². The number of anilines is 1. The quantitative estimate of drug-likeness (QED) is 0.717. The molecule has 1 aromatic rings. The van der Waals surface area contributed by atoms with E-state index in [1.165, 1.54) is 38.5 Å². The van der Waals surface area contributed by atoms with Crippen LogP contribution in [0.1, 0.15) is 82.5 Å². The van der Waals surface area contributed by atoms with Crippen LogP contribution in [0.4, 0.5) is 5.82 Å². The molecule has 1 aromatic heterocycles. The van der Waals surface area contributed by atoms with Crippen molar-refractivity contribution >= 4 is 11.8 Å². The molecule has 2 heterocycles. The number of esters is 1. The summed E-state index contributed by atoms with van der Waals surface area (Å²) < 4.78 is 5.75. The molecular weight excluding hydrogens is 324 g/mol. The van der Waals surface area contributed by atoms with Gasteiger partial charge in [0.25, 0.3) is 0 Å². The maximum atomic E-state index is 12.6. The van der Waals surface area contributed by atoms with Gasteiger partial charge < -0.3 is 9.64 Å². The van der Waals surface area contributed by atoms with Crippen molar-refractivity contribution in [1.82, 2.24) is 4.98 Å². The molecule has 3 aliphatic rings. The Hall–Kier alpha value is -1.58. The van der Waals surface area contributed by atoms with Crippen LogP contribution in [0, 0.1) is 10.8 Å². The van der Waals surface area contributed by atoms with Gasteiger partial charge >= 0.3 is 5.97 Å². The third-order valence-corrected chi connectivity index (χ3v) is 6.52. The molecule has 4 heteroatoms. The average Bonchev–Trinajstić information content (AvgIpc) is 2.85. The molecule has 3 fully saturated rings. The van der Waals surface area contributed by atoms with E-state index in [9.17, 15) is 4.79 Å². The van der Waals surface area contributed by atoms with Gasteiger partial charge in [-0.1, -0.05) is 27.2 Å². The van der Waals surface area contributed by atoms with Crippen molar-refractivity contribution in [3.05, 3.63) is 23.9 Å². The largest absolute Gasteiger partial charge is 0.459 e. The van der Waals surface area contributed by atoms with E-state index >= 15 is 0 Å². The smallest absolute Gasteiger partial charge is 0.338 e. The second-order valence-corrected chi connectivity index (χ2v) is 9.91. The molecule has 0 amide bonds. The van der Waals surface area contributed by atoms with Gasteiger partial charge in [-0.2, -0.15) is 0 Å². The Morgan fingerprint density at radius 1 is 1.19 bits per heavy atom. The van der Waals surface area contributed by atoms with Gasteiger partial charge in [0.05, 0.1) is 5.56 Å². The van der Waals surface area contributed by atoms with E-state index in [0.717, 1.165) is 25.2 Å².